The number of rotatable bonds is 6. The predicted octanol–water partition coefficient (Wildman–Crippen LogP) is 2.93. The molecule has 1 aromatic carbocycles. The fraction of sp³-hybridized carbons (Fsp3) is 0.438. The zero-order valence-corrected chi connectivity index (χ0v) is 14.7. The van der Waals surface area contributed by atoms with Gasteiger partial charge >= 0.3 is 11.9 Å². The van der Waals surface area contributed by atoms with Crippen molar-refractivity contribution in [1.82, 2.24) is 0 Å². The Morgan fingerprint density at radius 1 is 1.21 bits per heavy atom. The van der Waals surface area contributed by atoms with Gasteiger partial charge in [0.05, 0.1) is 17.9 Å². The van der Waals surface area contributed by atoms with Crippen LogP contribution >= 0.6 is 23.2 Å². The Kier molecular flexibility index (Phi) is 5.40. The van der Waals surface area contributed by atoms with Crippen molar-refractivity contribution in [2.24, 2.45) is 5.41 Å². The summed E-state index contributed by atoms with van der Waals surface area (Å²) in [5.74, 6) is -1.77. The lowest BCUT2D eigenvalue weighted by Gasteiger charge is -2.13. The molecule has 1 atom stereocenters. The average Bonchev–Trinajstić information content (AvgIpc) is 3.05. The summed E-state index contributed by atoms with van der Waals surface area (Å²) < 4.78 is 8.71. The molecule has 130 valence electrons. The SMILES string of the molecule is CCOC(=O)c1ccccc1NC(=O)COC(=O)[C@@]1(C)CC1(Cl)Cl. The molecule has 1 amide bonds. The highest BCUT2D eigenvalue weighted by atomic mass is 35.5. The maximum Gasteiger partial charge on any atom is 0.340 e. The number of para-hydroxylation sites is 1. The van der Waals surface area contributed by atoms with E-state index in [0.29, 0.717) is 0 Å². The van der Waals surface area contributed by atoms with Crippen LogP contribution in [0.3, 0.4) is 0 Å². The molecule has 1 fully saturated rings. The number of hydrogen-bond donors (Lipinski definition) is 1. The Morgan fingerprint density at radius 2 is 1.83 bits per heavy atom. The summed E-state index contributed by atoms with van der Waals surface area (Å²) in [4.78, 5) is 35.7. The van der Waals surface area contributed by atoms with Gasteiger partial charge in [-0.3, -0.25) is 9.59 Å². The van der Waals surface area contributed by atoms with Crippen molar-refractivity contribution in [2.45, 2.75) is 24.6 Å². The van der Waals surface area contributed by atoms with Crippen LogP contribution in [-0.2, 0) is 19.1 Å². The van der Waals surface area contributed by atoms with Crippen molar-refractivity contribution in [2.75, 3.05) is 18.5 Å². The van der Waals surface area contributed by atoms with Crippen LogP contribution in [-0.4, -0.2) is 35.4 Å². The van der Waals surface area contributed by atoms with Crippen molar-refractivity contribution >= 4 is 46.7 Å². The molecule has 1 saturated carbocycles. The Labute approximate surface area is 149 Å². The maximum absolute atomic E-state index is 12.0. The fourth-order valence-corrected chi connectivity index (χ4v) is 2.77. The molecule has 1 aromatic rings. The molecule has 6 nitrogen and oxygen atoms in total. The highest BCUT2D eigenvalue weighted by molar-refractivity contribution is 6.53. The zero-order valence-electron chi connectivity index (χ0n) is 13.2. The predicted molar refractivity (Wildman–Crippen MR) is 89.1 cm³/mol. The van der Waals surface area contributed by atoms with Gasteiger partial charge in [0, 0.05) is 6.42 Å². The Balaban J connectivity index is 1.94. The minimum absolute atomic E-state index is 0.216. The van der Waals surface area contributed by atoms with E-state index in [1.165, 1.54) is 6.07 Å². The summed E-state index contributed by atoms with van der Waals surface area (Å²) in [5, 5.41) is 2.51. The molecule has 1 aliphatic carbocycles. The summed E-state index contributed by atoms with van der Waals surface area (Å²) in [5.41, 5.74) is -0.508. The van der Waals surface area contributed by atoms with E-state index in [2.05, 4.69) is 5.32 Å². The molecule has 0 saturated heterocycles. The third kappa shape index (κ3) is 3.82. The average molecular weight is 374 g/mol. The van der Waals surface area contributed by atoms with Crippen LogP contribution in [0, 0.1) is 5.41 Å². The van der Waals surface area contributed by atoms with E-state index in [1.54, 1.807) is 32.0 Å². The monoisotopic (exact) mass is 373 g/mol. The summed E-state index contributed by atoms with van der Waals surface area (Å²) in [6, 6.07) is 6.39. The molecule has 1 aliphatic rings. The number of alkyl halides is 2. The van der Waals surface area contributed by atoms with Gasteiger partial charge in [0.15, 0.2) is 6.61 Å². The summed E-state index contributed by atoms with van der Waals surface area (Å²) in [6.45, 7) is 2.97. The van der Waals surface area contributed by atoms with Crippen molar-refractivity contribution < 1.29 is 23.9 Å². The molecule has 0 aromatic heterocycles. The lowest BCUT2D eigenvalue weighted by Crippen LogP contribution is -2.27. The van der Waals surface area contributed by atoms with Gasteiger partial charge in [0.1, 0.15) is 9.75 Å². The topological polar surface area (TPSA) is 81.7 Å². The van der Waals surface area contributed by atoms with Crippen LogP contribution in [0.1, 0.15) is 30.6 Å². The summed E-state index contributed by atoms with van der Waals surface area (Å²) in [6.07, 6.45) is 0.273. The zero-order chi connectivity index (χ0) is 18.0. The number of carbonyl (C=O) groups is 3. The second-order valence-corrected chi connectivity index (χ2v) is 7.09. The van der Waals surface area contributed by atoms with Crippen LogP contribution in [0.5, 0.6) is 0 Å². The van der Waals surface area contributed by atoms with E-state index >= 15 is 0 Å². The smallest absolute Gasteiger partial charge is 0.340 e. The van der Waals surface area contributed by atoms with Crippen molar-refractivity contribution in [3.63, 3.8) is 0 Å². The maximum atomic E-state index is 12.0. The number of amides is 1. The number of nitrogens with one attached hydrogen (secondary N) is 1. The molecule has 0 unspecified atom stereocenters. The second kappa shape index (κ2) is 6.99. The van der Waals surface area contributed by atoms with E-state index in [-0.39, 0.29) is 24.3 Å². The molecule has 8 heteroatoms. The van der Waals surface area contributed by atoms with Gasteiger partial charge in [-0.25, -0.2) is 4.79 Å². The van der Waals surface area contributed by atoms with Gasteiger partial charge in [-0.15, -0.1) is 23.2 Å². The first-order chi connectivity index (χ1) is 11.2. The number of benzene rings is 1. The third-order valence-corrected chi connectivity index (χ3v) is 4.84. The molecular weight excluding hydrogens is 357 g/mol. The minimum Gasteiger partial charge on any atom is -0.462 e. The van der Waals surface area contributed by atoms with E-state index in [0.717, 1.165) is 0 Å². The third-order valence-electron chi connectivity index (χ3n) is 3.74. The van der Waals surface area contributed by atoms with Crippen LogP contribution in [0.2, 0.25) is 0 Å². The lowest BCUT2D eigenvalue weighted by atomic mass is 10.1. The number of carbonyl (C=O) groups excluding carboxylic acids is 3. The van der Waals surface area contributed by atoms with Gasteiger partial charge in [0.25, 0.3) is 5.91 Å². The summed E-state index contributed by atoms with van der Waals surface area (Å²) >= 11 is 11.8. The van der Waals surface area contributed by atoms with Gasteiger partial charge in [-0.2, -0.15) is 0 Å². The minimum atomic E-state index is -1.16. The molecule has 0 bridgehead atoms. The molecule has 24 heavy (non-hydrogen) atoms. The Hall–Kier alpha value is -1.79. The lowest BCUT2D eigenvalue weighted by molar-refractivity contribution is -0.152. The van der Waals surface area contributed by atoms with Crippen LogP contribution in [0.15, 0.2) is 24.3 Å². The van der Waals surface area contributed by atoms with Crippen LogP contribution in [0.25, 0.3) is 0 Å². The van der Waals surface area contributed by atoms with Gasteiger partial charge < -0.3 is 14.8 Å². The van der Waals surface area contributed by atoms with Crippen molar-refractivity contribution in [3.8, 4) is 0 Å². The van der Waals surface area contributed by atoms with E-state index in [1.807, 2.05) is 0 Å². The van der Waals surface area contributed by atoms with Gasteiger partial charge in [0.2, 0.25) is 0 Å². The Bertz CT molecular complexity index is 676. The van der Waals surface area contributed by atoms with Gasteiger partial charge in [-0.1, -0.05) is 12.1 Å². The van der Waals surface area contributed by atoms with E-state index in [9.17, 15) is 14.4 Å². The van der Waals surface area contributed by atoms with Crippen LogP contribution in [0.4, 0.5) is 5.69 Å². The molecule has 2 rings (SSSR count). The number of hydrogen-bond acceptors (Lipinski definition) is 5. The second-order valence-electron chi connectivity index (χ2n) is 5.60. The first kappa shape index (κ1) is 18.5. The highest BCUT2D eigenvalue weighted by Crippen LogP contribution is 2.64. The standard InChI is InChI=1S/C16H17Cl2NO5/c1-3-23-13(21)10-6-4-5-7-11(10)19-12(20)8-24-14(22)15(2)9-16(15,17)18/h4-7H,3,8-9H2,1-2H3,(H,19,20)/t15-/m1/s1. The number of halogens is 2. The fourth-order valence-electron chi connectivity index (χ4n) is 2.08. The normalized spacial score (nSPS) is 20.8. The number of ether oxygens (including phenoxy) is 2. The first-order valence-electron chi connectivity index (χ1n) is 7.32. The number of esters is 2. The van der Waals surface area contributed by atoms with Gasteiger partial charge in [-0.05, 0) is 26.0 Å². The van der Waals surface area contributed by atoms with Crippen molar-refractivity contribution in [3.05, 3.63) is 29.8 Å². The van der Waals surface area contributed by atoms with Crippen LogP contribution < -0.4 is 5.32 Å². The molecule has 1 N–H and O–H groups in total. The quantitative estimate of drug-likeness (QED) is 0.612. The summed E-state index contributed by atoms with van der Waals surface area (Å²) in [7, 11) is 0. The molecule has 0 spiro atoms. The largest absolute Gasteiger partial charge is 0.462 e. The molecule has 0 heterocycles. The van der Waals surface area contributed by atoms with E-state index in [4.69, 9.17) is 32.7 Å². The molecule has 0 radical (unpaired) electrons. The van der Waals surface area contributed by atoms with Crippen molar-refractivity contribution in [1.29, 1.82) is 0 Å². The highest BCUT2D eigenvalue weighted by Gasteiger charge is 2.69. The molecular formula is C16H17Cl2NO5. The number of anilines is 1. The Morgan fingerprint density at radius 3 is 2.42 bits per heavy atom. The van der Waals surface area contributed by atoms with E-state index < -0.39 is 34.2 Å². The first-order valence-corrected chi connectivity index (χ1v) is 8.08. The molecule has 0 aliphatic heterocycles.